The van der Waals surface area contributed by atoms with Crippen LogP contribution in [0.5, 0.6) is 17.2 Å². The second-order valence-corrected chi connectivity index (χ2v) is 11.1. The molecule has 216 valence electrons. The number of likely N-dealkylation sites (tertiary alicyclic amines) is 1. The molecule has 2 aromatic carbocycles. The van der Waals surface area contributed by atoms with Crippen LogP contribution in [0, 0.1) is 0 Å². The molecule has 0 saturated carbocycles. The number of nitrogens with zero attached hydrogens (tertiary/aromatic N) is 2. The van der Waals surface area contributed by atoms with Crippen molar-refractivity contribution < 1.29 is 28.6 Å². The summed E-state index contributed by atoms with van der Waals surface area (Å²) in [4.78, 5) is 41.7. The average molecular weight is 552 g/mol. The molecule has 1 fully saturated rings. The fraction of sp³-hybridized carbons (Fsp3) is 0.516. The summed E-state index contributed by atoms with van der Waals surface area (Å²) in [5.41, 5.74) is 1.90. The predicted octanol–water partition coefficient (Wildman–Crippen LogP) is 4.14. The summed E-state index contributed by atoms with van der Waals surface area (Å²) in [6, 6.07) is 10.9. The van der Waals surface area contributed by atoms with E-state index in [1.807, 2.05) is 54.0 Å². The Morgan fingerprint density at radius 3 is 2.58 bits per heavy atom. The number of carbonyl (C=O) groups excluding carboxylic acids is 3. The maximum atomic E-state index is 13.1. The molecule has 4 rings (SSSR count). The van der Waals surface area contributed by atoms with E-state index in [1.54, 1.807) is 27.2 Å². The molecule has 2 aliphatic rings. The lowest BCUT2D eigenvalue weighted by Crippen LogP contribution is -2.44. The number of amides is 3. The highest BCUT2D eigenvalue weighted by molar-refractivity contribution is 5.94. The Bertz CT molecular complexity index is 1240. The van der Waals surface area contributed by atoms with Crippen molar-refractivity contribution in [1.29, 1.82) is 0 Å². The van der Waals surface area contributed by atoms with Gasteiger partial charge in [-0.3, -0.25) is 14.4 Å². The minimum Gasteiger partial charge on any atom is -0.493 e. The van der Waals surface area contributed by atoms with Gasteiger partial charge in [0.2, 0.25) is 11.8 Å². The number of benzene rings is 2. The lowest BCUT2D eigenvalue weighted by Gasteiger charge is -2.42. The lowest BCUT2D eigenvalue weighted by atomic mass is 9.87. The Morgan fingerprint density at radius 1 is 1.12 bits per heavy atom. The van der Waals surface area contributed by atoms with Crippen LogP contribution in [0.2, 0.25) is 0 Å². The van der Waals surface area contributed by atoms with E-state index in [-0.39, 0.29) is 23.8 Å². The topological polar surface area (TPSA) is 97.4 Å². The number of hydrogen-bond donors (Lipinski definition) is 1. The number of hydrogen-bond acceptors (Lipinski definition) is 6. The molecule has 2 aliphatic heterocycles. The molecule has 1 atom stereocenters. The Kier molecular flexibility index (Phi) is 9.22. The molecule has 0 aromatic heterocycles. The minimum atomic E-state index is -0.473. The molecule has 40 heavy (non-hydrogen) atoms. The third-order valence-electron chi connectivity index (χ3n) is 7.63. The van der Waals surface area contributed by atoms with Gasteiger partial charge in [0.25, 0.3) is 5.91 Å². The van der Waals surface area contributed by atoms with Crippen molar-refractivity contribution in [2.75, 3.05) is 40.4 Å². The maximum absolute atomic E-state index is 13.1. The van der Waals surface area contributed by atoms with Gasteiger partial charge in [-0.25, -0.2) is 0 Å². The SMILES string of the molecule is COc1ccc(CCNC(=O)c2ccc3c(c2)C(N(CCCN2CCCC2=O)C(C)=O)CC(C)(C)O3)cc1OC. The first kappa shape index (κ1) is 29.2. The summed E-state index contributed by atoms with van der Waals surface area (Å²) in [6.07, 6.45) is 3.45. The summed E-state index contributed by atoms with van der Waals surface area (Å²) >= 11 is 0. The van der Waals surface area contributed by atoms with Crippen LogP contribution in [-0.4, -0.2) is 73.5 Å². The van der Waals surface area contributed by atoms with Crippen LogP contribution in [0.4, 0.5) is 0 Å². The van der Waals surface area contributed by atoms with Gasteiger partial charge < -0.3 is 29.3 Å². The number of methoxy groups -OCH3 is 2. The van der Waals surface area contributed by atoms with Gasteiger partial charge in [-0.15, -0.1) is 0 Å². The summed E-state index contributed by atoms with van der Waals surface area (Å²) < 4.78 is 16.9. The largest absolute Gasteiger partial charge is 0.493 e. The zero-order valence-corrected chi connectivity index (χ0v) is 24.2. The number of rotatable bonds is 11. The van der Waals surface area contributed by atoms with Crippen LogP contribution in [0.25, 0.3) is 0 Å². The van der Waals surface area contributed by atoms with Crippen molar-refractivity contribution in [2.45, 2.75) is 64.5 Å². The molecule has 0 aliphatic carbocycles. The van der Waals surface area contributed by atoms with Crippen LogP contribution in [-0.2, 0) is 16.0 Å². The molecule has 9 heteroatoms. The summed E-state index contributed by atoms with van der Waals surface area (Å²) in [5, 5.41) is 3.00. The number of carbonyl (C=O) groups is 3. The van der Waals surface area contributed by atoms with E-state index in [0.717, 1.165) is 24.1 Å². The van der Waals surface area contributed by atoms with Crippen LogP contribution >= 0.6 is 0 Å². The highest BCUT2D eigenvalue weighted by Gasteiger charge is 2.38. The molecule has 0 spiro atoms. The van der Waals surface area contributed by atoms with Crippen LogP contribution < -0.4 is 19.5 Å². The predicted molar refractivity (Wildman–Crippen MR) is 152 cm³/mol. The normalized spacial score (nSPS) is 17.6. The molecule has 3 amide bonds. The van der Waals surface area contributed by atoms with Gasteiger partial charge in [-0.2, -0.15) is 0 Å². The molecule has 0 radical (unpaired) electrons. The van der Waals surface area contributed by atoms with Crippen molar-refractivity contribution in [3.63, 3.8) is 0 Å². The van der Waals surface area contributed by atoms with Crippen molar-refractivity contribution >= 4 is 17.7 Å². The van der Waals surface area contributed by atoms with E-state index in [2.05, 4.69) is 5.32 Å². The van der Waals surface area contributed by atoms with Crippen LogP contribution in [0.3, 0.4) is 0 Å². The first-order valence-electron chi connectivity index (χ1n) is 14.0. The standard InChI is InChI=1S/C31H41N3O6/c1-21(35)34(17-7-16-33-15-6-8-29(33)36)25-20-31(2,3)40-26-12-10-23(19-24(25)26)30(37)32-14-13-22-9-11-27(38-4)28(18-22)39-5/h9-12,18-19,25H,6-8,13-17,20H2,1-5H3,(H,32,37). The van der Waals surface area contributed by atoms with Gasteiger partial charge in [0.1, 0.15) is 11.4 Å². The van der Waals surface area contributed by atoms with Crippen molar-refractivity contribution in [2.24, 2.45) is 0 Å². The van der Waals surface area contributed by atoms with Crippen LogP contribution in [0.1, 0.15) is 74.0 Å². The Balaban J connectivity index is 1.46. The number of ether oxygens (including phenoxy) is 3. The first-order valence-corrected chi connectivity index (χ1v) is 14.0. The zero-order valence-electron chi connectivity index (χ0n) is 24.2. The molecular weight excluding hydrogens is 510 g/mol. The van der Waals surface area contributed by atoms with Crippen molar-refractivity contribution in [3.05, 3.63) is 53.1 Å². The second kappa shape index (κ2) is 12.6. The van der Waals surface area contributed by atoms with Gasteiger partial charge in [-0.1, -0.05) is 6.07 Å². The fourth-order valence-electron chi connectivity index (χ4n) is 5.60. The minimum absolute atomic E-state index is 0.0360. The van der Waals surface area contributed by atoms with Crippen molar-refractivity contribution in [3.8, 4) is 17.2 Å². The van der Waals surface area contributed by atoms with E-state index in [0.29, 0.717) is 68.1 Å². The highest BCUT2D eigenvalue weighted by Crippen LogP contribution is 2.43. The molecule has 0 bridgehead atoms. The molecule has 9 nitrogen and oxygen atoms in total. The maximum Gasteiger partial charge on any atom is 0.251 e. The molecule has 1 saturated heterocycles. The second-order valence-electron chi connectivity index (χ2n) is 11.1. The Labute approximate surface area is 236 Å². The van der Waals surface area contributed by atoms with Crippen molar-refractivity contribution in [1.82, 2.24) is 15.1 Å². The van der Waals surface area contributed by atoms with E-state index < -0.39 is 5.60 Å². The molecule has 2 aromatic rings. The molecule has 2 heterocycles. The van der Waals surface area contributed by atoms with E-state index in [9.17, 15) is 14.4 Å². The quantitative estimate of drug-likeness (QED) is 0.451. The van der Waals surface area contributed by atoms with Gasteiger partial charge in [-0.05, 0) is 69.0 Å². The number of nitrogens with one attached hydrogen (secondary N) is 1. The van der Waals surface area contributed by atoms with Gasteiger partial charge in [0.05, 0.1) is 20.3 Å². The third-order valence-corrected chi connectivity index (χ3v) is 7.63. The average Bonchev–Trinajstić information content (AvgIpc) is 3.33. The van der Waals surface area contributed by atoms with E-state index >= 15 is 0 Å². The first-order chi connectivity index (χ1) is 19.1. The lowest BCUT2D eigenvalue weighted by molar-refractivity contribution is -0.133. The van der Waals surface area contributed by atoms with Gasteiger partial charge in [0, 0.05) is 57.1 Å². The van der Waals surface area contributed by atoms with Crippen LogP contribution in [0.15, 0.2) is 36.4 Å². The summed E-state index contributed by atoms with van der Waals surface area (Å²) in [5.74, 6) is 1.96. The van der Waals surface area contributed by atoms with E-state index in [4.69, 9.17) is 14.2 Å². The molecular formula is C31H41N3O6. The highest BCUT2D eigenvalue weighted by atomic mass is 16.5. The summed E-state index contributed by atoms with van der Waals surface area (Å²) in [6.45, 7) is 8.01. The Morgan fingerprint density at radius 2 is 1.90 bits per heavy atom. The third kappa shape index (κ3) is 6.87. The van der Waals surface area contributed by atoms with E-state index in [1.165, 1.54) is 0 Å². The van der Waals surface area contributed by atoms with Gasteiger partial charge >= 0.3 is 0 Å². The molecule has 1 N–H and O–H groups in total. The molecule has 1 unspecified atom stereocenters. The monoisotopic (exact) mass is 551 g/mol. The summed E-state index contributed by atoms with van der Waals surface area (Å²) in [7, 11) is 3.19. The zero-order chi connectivity index (χ0) is 28.9. The smallest absolute Gasteiger partial charge is 0.251 e. The van der Waals surface area contributed by atoms with Gasteiger partial charge in [0.15, 0.2) is 11.5 Å². The fourth-order valence-corrected chi connectivity index (χ4v) is 5.60. The Hall–Kier alpha value is -3.75. The number of fused-ring (bicyclic) bond motifs is 1.